The van der Waals surface area contributed by atoms with Gasteiger partial charge < -0.3 is 4.57 Å². The Bertz CT molecular complexity index is 1030. The number of nitrogens with zero attached hydrogens (tertiary/aromatic N) is 4. The Hall–Kier alpha value is -2.25. The summed E-state index contributed by atoms with van der Waals surface area (Å²) in [5.41, 5.74) is 2.60. The van der Waals surface area contributed by atoms with Gasteiger partial charge in [-0.3, -0.25) is 0 Å². The maximum atomic E-state index is 12.9. The van der Waals surface area contributed by atoms with Gasteiger partial charge in [-0.1, -0.05) is 30.3 Å². The molecule has 4 rings (SSSR count). The molecule has 0 aliphatic carbocycles. The van der Waals surface area contributed by atoms with Crippen LogP contribution in [0, 0.1) is 12.8 Å². The second-order valence-electron chi connectivity index (χ2n) is 7.22. The molecule has 1 aliphatic heterocycles. The molecule has 142 valence electrons. The summed E-state index contributed by atoms with van der Waals surface area (Å²) in [5, 5.41) is 0. The Morgan fingerprint density at radius 1 is 1.15 bits per heavy atom. The number of imidazole rings is 1. The molecule has 0 radical (unpaired) electrons. The second kappa shape index (κ2) is 7.40. The highest BCUT2D eigenvalue weighted by Gasteiger charge is 2.29. The Kier molecular flexibility index (Phi) is 4.97. The standard InChI is InChI=1S/C20H24N4O2S/c1-16-22-19-10-5-11-21-20(19)24(16)14-18-9-6-12-23(13-18)27(25,26)15-17-7-3-2-4-8-17/h2-5,7-8,10-11,18H,6,9,12-15H2,1H3. The smallest absolute Gasteiger partial charge is 0.218 e. The number of rotatable bonds is 5. The topological polar surface area (TPSA) is 68.1 Å². The van der Waals surface area contributed by atoms with Gasteiger partial charge in [0.2, 0.25) is 10.0 Å². The van der Waals surface area contributed by atoms with Gasteiger partial charge in [-0.15, -0.1) is 0 Å². The maximum absolute atomic E-state index is 12.9. The minimum absolute atomic E-state index is 0.0646. The van der Waals surface area contributed by atoms with Crippen molar-refractivity contribution in [2.75, 3.05) is 13.1 Å². The SMILES string of the molecule is Cc1nc2cccnc2n1CC1CCCN(S(=O)(=O)Cc2ccccc2)C1. The zero-order chi connectivity index (χ0) is 18.9. The predicted octanol–water partition coefficient (Wildman–Crippen LogP) is 2.98. The summed E-state index contributed by atoms with van der Waals surface area (Å²) in [6, 6.07) is 13.2. The molecular formula is C20H24N4O2S. The van der Waals surface area contributed by atoms with E-state index in [0.29, 0.717) is 13.1 Å². The Labute approximate surface area is 159 Å². The minimum Gasteiger partial charge on any atom is -0.313 e. The number of aromatic nitrogens is 3. The second-order valence-corrected chi connectivity index (χ2v) is 9.19. The largest absolute Gasteiger partial charge is 0.313 e. The molecule has 1 aliphatic rings. The zero-order valence-corrected chi connectivity index (χ0v) is 16.3. The van der Waals surface area contributed by atoms with Crippen LogP contribution in [0.2, 0.25) is 0 Å². The molecule has 2 aromatic heterocycles. The molecule has 1 fully saturated rings. The van der Waals surface area contributed by atoms with Crippen LogP contribution in [0.15, 0.2) is 48.7 Å². The fourth-order valence-corrected chi connectivity index (χ4v) is 5.49. The summed E-state index contributed by atoms with van der Waals surface area (Å²) < 4.78 is 29.5. The normalized spacial score (nSPS) is 18.8. The average molecular weight is 385 g/mol. The maximum Gasteiger partial charge on any atom is 0.218 e. The van der Waals surface area contributed by atoms with Crippen LogP contribution in [0.4, 0.5) is 0 Å². The molecule has 0 saturated carbocycles. The molecule has 1 aromatic carbocycles. The first-order chi connectivity index (χ1) is 13.0. The third-order valence-corrected chi connectivity index (χ3v) is 7.02. The van der Waals surface area contributed by atoms with Crippen molar-refractivity contribution in [3.05, 3.63) is 60.0 Å². The van der Waals surface area contributed by atoms with Crippen LogP contribution in [0.3, 0.4) is 0 Å². The van der Waals surface area contributed by atoms with E-state index in [9.17, 15) is 8.42 Å². The van der Waals surface area contributed by atoms with Crippen molar-refractivity contribution < 1.29 is 8.42 Å². The molecule has 0 amide bonds. The lowest BCUT2D eigenvalue weighted by Gasteiger charge is -2.32. The molecule has 1 atom stereocenters. The minimum atomic E-state index is -3.31. The third kappa shape index (κ3) is 3.89. The van der Waals surface area contributed by atoms with Crippen LogP contribution < -0.4 is 0 Å². The molecule has 0 spiro atoms. The van der Waals surface area contributed by atoms with E-state index in [0.717, 1.165) is 41.9 Å². The number of piperidine rings is 1. The molecular weight excluding hydrogens is 360 g/mol. The Morgan fingerprint density at radius 3 is 2.78 bits per heavy atom. The molecule has 1 unspecified atom stereocenters. The lowest BCUT2D eigenvalue weighted by Crippen LogP contribution is -2.41. The van der Waals surface area contributed by atoms with Crippen LogP contribution in [0.5, 0.6) is 0 Å². The molecule has 3 heterocycles. The lowest BCUT2D eigenvalue weighted by atomic mass is 9.99. The van der Waals surface area contributed by atoms with Crippen LogP contribution in [-0.2, 0) is 22.3 Å². The summed E-state index contributed by atoms with van der Waals surface area (Å²) in [7, 11) is -3.31. The number of hydrogen-bond donors (Lipinski definition) is 0. The molecule has 3 aromatic rings. The van der Waals surface area contributed by atoms with Crippen molar-refractivity contribution in [2.45, 2.75) is 32.1 Å². The fraction of sp³-hybridized carbons (Fsp3) is 0.400. The highest BCUT2D eigenvalue weighted by atomic mass is 32.2. The third-order valence-electron chi connectivity index (χ3n) is 5.20. The Morgan fingerprint density at radius 2 is 1.96 bits per heavy atom. The van der Waals surface area contributed by atoms with E-state index < -0.39 is 10.0 Å². The van der Waals surface area contributed by atoms with Crippen LogP contribution in [0.25, 0.3) is 11.2 Å². The van der Waals surface area contributed by atoms with Gasteiger partial charge in [-0.25, -0.2) is 22.7 Å². The number of aryl methyl sites for hydroxylation is 1. The van der Waals surface area contributed by atoms with Gasteiger partial charge in [0.05, 0.1) is 5.75 Å². The Balaban J connectivity index is 1.50. The van der Waals surface area contributed by atoms with E-state index in [4.69, 9.17) is 0 Å². The monoisotopic (exact) mass is 384 g/mol. The first-order valence-electron chi connectivity index (χ1n) is 9.32. The summed E-state index contributed by atoms with van der Waals surface area (Å²) in [5.74, 6) is 1.25. The van der Waals surface area contributed by atoms with Crippen molar-refractivity contribution in [2.24, 2.45) is 5.92 Å². The van der Waals surface area contributed by atoms with Gasteiger partial charge in [0.1, 0.15) is 11.3 Å². The molecule has 0 bridgehead atoms. The van der Waals surface area contributed by atoms with Crippen molar-refractivity contribution >= 4 is 21.2 Å². The van der Waals surface area contributed by atoms with Crippen LogP contribution in [0.1, 0.15) is 24.2 Å². The van der Waals surface area contributed by atoms with E-state index in [1.807, 2.05) is 49.4 Å². The first kappa shape index (κ1) is 18.1. The quantitative estimate of drug-likeness (QED) is 0.678. The van der Waals surface area contributed by atoms with Crippen molar-refractivity contribution in [1.82, 2.24) is 18.8 Å². The zero-order valence-electron chi connectivity index (χ0n) is 15.5. The van der Waals surface area contributed by atoms with Gasteiger partial charge in [-0.2, -0.15) is 0 Å². The molecule has 6 nitrogen and oxygen atoms in total. The number of sulfonamides is 1. The summed E-state index contributed by atoms with van der Waals surface area (Å²) in [6.07, 6.45) is 3.68. The van der Waals surface area contributed by atoms with E-state index in [-0.39, 0.29) is 11.7 Å². The molecule has 27 heavy (non-hydrogen) atoms. The van der Waals surface area contributed by atoms with E-state index in [2.05, 4.69) is 14.5 Å². The van der Waals surface area contributed by atoms with Gasteiger partial charge >= 0.3 is 0 Å². The van der Waals surface area contributed by atoms with E-state index in [1.54, 1.807) is 10.5 Å². The van der Waals surface area contributed by atoms with E-state index in [1.165, 1.54) is 0 Å². The highest BCUT2D eigenvalue weighted by Crippen LogP contribution is 2.24. The number of pyridine rings is 1. The average Bonchev–Trinajstić information content (AvgIpc) is 2.98. The molecule has 0 N–H and O–H groups in total. The molecule has 7 heteroatoms. The molecule has 1 saturated heterocycles. The summed E-state index contributed by atoms with van der Waals surface area (Å²) >= 11 is 0. The van der Waals surface area contributed by atoms with Crippen molar-refractivity contribution in [3.63, 3.8) is 0 Å². The van der Waals surface area contributed by atoms with Crippen molar-refractivity contribution in [1.29, 1.82) is 0 Å². The van der Waals surface area contributed by atoms with Crippen LogP contribution in [-0.4, -0.2) is 40.3 Å². The lowest BCUT2D eigenvalue weighted by molar-refractivity contribution is 0.245. The number of benzene rings is 1. The summed E-state index contributed by atoms with van der Waals surface area (Å²) in [6.45, 7) is 3.89. The summed E-state index contributed by atoms with van der Waals surface area (Å²) in [4.78, 5) is 9.03. The number of hydrogen-bond acceptors (Lipinski definition) is 4. The van der Waals surface area contributed by atoms with Gasteiger partial charge in [0, 0.05) is 25.8 Å². The predicted molar refractivity (Wildman–Crippen MR) is 106 cm³/mol. The first-order valence-corrected chi connectivity index (χ1v) is 10.9. The highest BCUT2D eigenvalue weighted by molar-refractivity contribution is 7.88. The van der Waals surface area contributed by atoms with Crippen LogP contribution >= 0.6 is 0 Å². The van der Waals surface area contributed by atoms with Gasteiger partial charge in [-0.05, 0) is 43.4 Å². The van der Waals surface area contributed by atoms with Crippen molar-refractivity contribution in [3.8, 4) is 0 Å². The van der Waals surface area contributed by atoms with Gasteiger partial charge in [0.25, 0.3) is 0 Å². The van der Waals surface area contributed by atoms with Gasteiger partial charge in [0.15, 0.2) is 5.65 Å². The van der Waals surface area contributed by atoms with E-state index >= 15 is 0 Å². The number of fused-ring (bicyclic) bond motifs is 1. The fourth-order valence-electron chi connectivity index (χ4n) is 3.85.